The van der Waals surface area contributed by atoms with Crippen LogP contribution in [0.1, 0.15) is 28.4 Å². The summed E-state index contributed by atoms with van der Waals surface area (Å²) in [6.45, 7) is 1.68. The SMILES string of the molecule is C[C@H](OC(=O)c1ccc(C#N)cc1)C(=O)N(C)Cc1cccc(F)c1. The molecule has 0 bridgehead atoms. The van der Waals surface area contributed by atoms with Crippen molar-refractivity contribution in [1.82, 2.24) is 4.90 Å². The van der Waals surface area contributed by atoms with Gasteiger partial charge < -0.3 is 9.64 Å². The highest BCUT2D eigenvalue weighted by atomic mass is 19.1. The van der Waals surface area contributed by atoms with E-state index in [0.717, 1.165) is 0 Å². The highest BCUT2D eigenvalue weighted by Gasteiger charge is 2.22. The average Bonchev–Trinajstić information content (AvgIpc) is 2.61. The Balaban J connectivity index is 1.96. The summed E-state index contributed by atoms with van der Waals surface area (Å²) in [7, 11) is 1.55. The molecule has 0 fully saturated rings. The van der Waals surface area contributed by atoms with E-state index >= 15 is 0 Å². The molecule has 2 rings (SSSR count). The Morgan fingerprint density at radius 3 is 2.52 bits per heavy atom. The van der Waals surface area contributed by atoms with Crippen molar-refractivity contribution in [3.63, 3.8) is 0 Å². The summed E-state index contributed by atoms with van der Waals surface area (Å²) < 4.78 is 18.4. The second-order valence-corrected chi connectivity index (χ2v) is 5.56. The van der Waals surface area contributed by atoms with Gasteiger partial charge in [-0.15, -0.1) is 0 Å². The standard InChI is InChI=1S/C19H17FN2O3/c1-13(25-19(24)16-8-6-14(11-21)7-9-16)18(23)22(2)12-15-4-3-5-17(20)10-15/h3-10,13H,12H2,1-2H3/t13-/m0/s1. The topological polar surface area (TPSA) is 70.4 Å². The van der Waals surface area contributed by atoms with Crippen molar-refractivity contribution in [3.8, 4) is 6.07 Å². The quantitative estimate of drug-likeness (QED) is 0.785. The average molecular weight is 340 g/mol. The van der Waals surface area contributed by atoms with Gasteiger partial charge in [-0.1, -0.05) is 12.1 Å². The number of ether oxygens (including phenoxy) is 1. The van der Waals surface area contributed by atoms with Crippen LogP contribution in [0, 0.1) is 17.1 Å². The van der Waals surface area contributed by atoms with Gasteiger partial charge in [0.05, 0.1) is 17.2 Å². The number of amides is 1. The number of rotatable bonds is 5. The van der Waals surface area contributed by atoms with Gasteiger partial charge in [-0.2, -0.15) is 5.26 Å². The fourth-order valence-corrected chi connectivity index (χ4v) is 2.26. The van der Waals surface area contributed by atoms with Crippen LogP contribution in [0.25, 0.3) is 0 Å². The van der Waals surface area contributed by atoms with Crippen LogP contribution in [-0.4, -0.2) is 29.9 Å². The van der Waals surface area contributed by atoms with Crippen LogP contribution < -0.4 is 0 Å². The molecule has 0 N–H and O–H groups in total. The molecule has 0 aliphatic rings. The predicted molar refractivity (Wildman–Crippen MR) is 88.9 cm³/mol. The van der Waals surface area contributed by atoms with Gasteiger partial charge in [-0.25, -0.2) is 9.18 Å². The van der Waals surface area contributed by atoms with Crippen molar-refractivity contribution in [2.75, 3.05) is 7.05 Å². The fraction of sp³-hybridized carbons (Fsp3) is 0.211. The minimum Gasteiger partial charge on any atom is -0.449 e. The summed E-state index contributed by atoms with van der Waals surface area (Å²) in [5.74, 6) is -1.42. The first-order valence-corrected chi connectivity index (χ1v) is 7.61. The van der Waals surface area contributed by atoms with Gasteiger partial charge in [0.1, 0.15) is 5.82 Å². The lowest BCUT2D eigenvalue weighted by molar-refractivity contribution is -0.139. The molecule has 5 nitrogen and oxygen atoms in total. The minimum absolute atomic E-state index is 0.204. The van der Waals surface area contributed by atoms with E-state index < -0.39 is 18.0 Å². The van der Waals surface area contributed by atoms with Crippen LogP contribution in [0.5, 0.6) is 0 Å². The molecule has 0 spiro atoms. The first-order chi connectivity index (χ1) is 11.9. The minimum atomic E-state index is -0.985. The number of nitrogens with zero attached hydrogens (tertiary/aromatic N) is 2. The van der Waals surface area contributed by atoms with Crippen molar-refractivity contribution < 1.29 is 18.7 Å². The number of carbonyl (C=O) groups is 2. The van der Waals surface area contributed by atoms with Gasteiger partial charge in [-0.3, -0.25) is 4.79 Å². The molecule has 0 saturated carbocycles. The van der Waals surface area contributed by atoms with E-state index in [1.54, 1.807) is 19.2 Å². The van der Waals surface area contributed by atoms with Crippen LogP contribution in [0.3, 0.4) is 0 Å². The summed E-state index contributed by atoms with van der Waals surface area (Å²) >= 11 is 0. The third-order valence-electron chi connectivity index (χ3n) is 3.57. The number of hydrogen-bond acceptors (Lipinski definition) is 4. The third-order valence-corrected chi connectivity index (χ3v) is 3.57. The maximum absolute atomic E-state index is 13.2. The second kappa shape index (κ2) is 8.06. The number of benzene rings is 2. The summed E-state index contributed by atoms with van der Waals surface area (Å²) in [6.07, 6.45) is -0.985. The molecule has 0 unspecified atom stereocenters. The molecule has 0 aliphatic carbocycles. The van der Waals surface area contributed by atoms with Gasteiger partial charge in [0.25, 0.3) is 5.91 Å². The van der Waals surface area contributed by atoms with Gasteiger partial charge in [0, 0.05) is 13.6 Å². The molecular weight excluding hydrogens is 323 g/mol. The van der Waals surface area contributed by atoms with E-state index in [4.69, 9.17) is 10.00 Å². The van der Waals surface area contributed by atoms with Crippen LogP contribution in [-0.2, 0) is 16.1 Å². The Labute approximate surface area is 145 Å². The Morgan fingerprint density at radius 1 is 1.24 bits per heavy atom. The smallest absolute Gasteiger partial charge is 0.338 e. The van der Waals surface area contributed by atoms with Crippen molar-refractivity contribution in [1.29, 1.82) is 5.26 Å². The molecule has 0 aromatic heterocycles. The van der Waals surface area contributed by atoms with Crippen molar-refractivity contribution in [2.24, 2.45) is 0 Å². The molecule has 0 heterocycles. The molecule has 1 amide bonds. The number of nitriles is 1. The first-order valence-electron chi connectivity index (χ1n) is 7.61. The largest absolute Gasteiger partial charge is 0.449 e. The number of likely N-dealkylation sites (N-methyl/N-ethyl adjacent to an activating group) is 1. The Morgan fingerprint density at radius 2 is 1.92 bits per heavy atom. The van der Waals surface area contributed by atoms with Gasteiger partial charge in [0.15, 0.2) is 6.10 Å². The van der Waals surface area contributed by atoms with E-state index in [0.29, 0.717) is 11.1 Å². The summed E-state index contributed by atoms with van der Waals surface area (Å²) in [6, 6.07) is 13.8. The molecule has 2 aromatic rings. The van der Waals surface area contributed by atoms with Crippen LogP contribution >= 0.6 is 0 Å². The molecule has 0 saturated heterocycles. The highest BCUT2D eigenvalue weighted by Crippen LogP contribution is 2.10. The first kappa shape index (κ1) is 18.1. The maximum atomic E-state index is 13.2. The van der Waals surface area contributed by atoms with E-state index in [9.17, 15) is 14.0 Å². The number of hydrogen-bond donors (Lipinski definition) is 0. The van der Waals surface area contributed by atoms with E-state index in [1.165, 1.54) is 48.2 Å². The zero-order chi connectivity index (χ0) is 18.4. The van der Waals surface area contributed by atoms with Crippen molar-refractivity contribution in [3.05, 3.63) is 71.0 Å². The molecule has 1 atom stereocenters. The van der Waals surface area contributed by atoms with E-state index in [1.807, 2.05) is 6.07 Å². The molecule has 0 radical (unpaired) electrons. The zero-order valence-electron chi connectivity index (χ0n) is 13.9. The molecule has 2 aromatic carbocycles. The number of esters is 1. The van der Waals surface area contributed by atoms with Gasteiger partial charge in [0.2, 0.25) is 0 Å². The zero-order valence-corrected chi connectivity index (χ0v) is 13.9. The van der Waals surface area contributed by atoms with E-state index in [-0.39, 0.29) is 17.9 Å². The van der Waals surface area contributed by atoms with Crippen LogP contribution in [0.15, 0.2) is 48.5 Å². The van der Waals surface area contributed by atoms with E-state index in [2.05, 4.69) is 0 Å². The summed E-state index contributed by atoms with van der Waals surface area (Å²) in [5.41, 5.74) is 1.32. The lowest BCUT2D eigenvalue weighted by Gasteiger charge is -2.21. The second-order valence-electron chi connectivity index (χ2n) is 5.56. The normalized spacial score (nSPS) is 11.3. The van der Waals surface area contributed by atoms with Gasteiger partial charge >= 0.3 is 5.97 Å². The fourth-order valence-electron chi connectivity index (χ4n) is 2.26. The monoisotopic (exact) mass is 340 g/mol. The van der Waals surface area contributed by atoms with Crippen LogP contribution in [0.4, 0.5) is 4.39 Å². The Bertz CT molecular complexity index is 812. The van der Waals surface area contributed by atoms with Gasteiger partial charge in [-0.05, 0) is 48.9 Å². The van der Waals surface area contributed by atoms with Crippen LogP contribution in [0.2, 0.25) is 0 Å². The molecule has 128 valence electrons. The summed E-state index contributed by atoms with van der Waals surface area (Å²) in [5, 5.41) is 8.74. The number of carbonyl (C=O) groups excluding carboxylic acids is 2. The summed E-state index contributed by atoms with van der Waals surface area (Å²) in [4.78, 5) is 25.7. The molecule has 0 aliphatic heterocycles. The highest BCUT2D eigenvalue weighted by molar-refractivity contribution is 5.92. The predicted octanol–water partition coefficient (Wildman–Crippen LogP) is 2.90. The van der Waals surface area contributed by atoms with Crippen molar-refractivity contribution >= 4 is 11.9 Å². The molecular formula is C19H17FN2O3. The Kier molecular flexibility index (Phi) is 5.85. The Hall–Kier alpha value is -3.20. The third kappa shape index (κ3) is 4.88. The number of halogens is 1. The molecule has 6 heteroatoms. The lowest BCUT2D eigenvalue weighted by Crippen LogP contribution is -2.37. The maximum Gasteiger partial charge on any atom is 0.338 e. The lowest BCUT2D eigenvalue weighted by atomic mass is 10.1. The van der Waals surface area contributed by atoms with Crippen molar-refractivity contribution in [2.45, 2.75) is 19.6 Å². The molecule has 25 heavy (non-hydrogen) atoms.